The molecule has 0 radical (unpaired) electrons. The summed E-state index contributed by atoms with van der Waals surface area (Å²) in [5, 5.41) is 24.1. The summed E-state index contributed by atoms with van der Waals surface area (Å²) < 4.78 is 1.62. The van der Waals surface area contributed by atoms with Crippen LogP contribution in [-0.2, 0) is 5.75 Å². The molecule has 0 aliphatic heterocycles. The van der Waals surface area contributed by atoms with Crippen LogP contribution in [0.5, 0.6) is 0 Å². The zero-order valence-electron chi connectivity index (χ0n) is 14.5. The molecular weight excluding hydrogens is 360 g/mol. The summed E-state index contributed by atoms with van der Waals surface area (Å²) in [6.07, 6.45) is 0. The number of carbonyl (C=O) groups is 1. The molecule has 27 heavy (non-hydrogen) atoms. The SMILES string of the molecule is Cc1ccc2ccccc2c1CSc1nnnn1-c1ccc(C(=O)O)cc1. The van der Waals surface area contributed by atoms with E-state index in [9.17, 15) is 4.79 Å². The van der Waals surface area contributed by atoms with Gasteiger partial charge in [0.25, 0.3) is 0 Å². The summed E-state index contributed by atoms with van der Waals surface area (Å²) >= 11 is 1.55. The Balaban J connectivity index is 1.62. The Kier molecular flexibility index (Phi) is 4.60. The van der Waals surface area contributed by atoms with Crippen LogP contribution < -0.4 is 0 Å². The van der Waals surface area contributed by atoms with Crippen LogP contribution in [-0.4, -0.2) is 31.3 Å². The van der Waals surface area contributed by atoms with Crippen molar-refractivity contribution in [1.82, 2.24) is 20.2 Å². The van der Waals surface area contributed by atoms with Gasteiger partial charge in [-0.05, 0) is 63.5 Å². The molecular formula is C20H16N4O2S. The lowest BCUT2D eigenvalue weighted by Gasteiger charge is -2.10. The lowest BCUT2D eigenvalue weighted by atomic mass is 10.0. The van der Waals surface area contributed by atoms with Crippen molar-refractivity contribution in [3.63, 3.8) is 0 Å². The number of benzene rings is 3. The normalized spacial score (nSPS) is 11.0. The highest BCUT2D eigenvalue weighted by Crippen LogP contribution is 2.29. The Labute approximate surface area is 159 Å². The maximum atomic E-state index is 11.0. The van der Waals surface area contributed by atoms with Crippen LogP contribution in [0.1, 0.15) is 21.5 Å². The van der Waals surface area contributed by atoms with Crippen molar-refractivity contribution in [1.29, 1.82) is 0 Å². The van der Waals surface area contributed by atoms with Gasteiger partial charge in [0.15, 0.2) is 0 Å². The van der Waals surface area contributed by atoms with Gasteiger partial charge in [-0.25, -0.2) is 4.79 Å². The monoisotopic (exact) mass is 376 g/mol. The van der Waals surface area contributed by atoms with Gasteiger partial charge in [-0.3, -0.25) is 0 Å². The van der Waals surface area contributed by atoms with E-state index in [0.717, 1.165) is 11.4 Å². The van der Waals surface area contributed by atoms with E-state index in [4.69, 9.17) is 5.11 Å². The first-order valence-electron chi connectivity index (χ1n) is 8.35. The van der Waals surface area contributed by atoms with E-state index < -0.39 is 5.97 Å². The van der Waals surface area contributed by atoms with E-state index in [1.807, 2.05) is 12.1 Å². The highest BCUT2D eigenvalue weighted by Gasteiger charge is 2.12. The average molecular weight is 376 g/mol. The molecule has 0 saturated heterocycles. The molecule has 1 N–H and O–H groups in total. The number of aromatic carboxylic acids is 1. The number of hydrogen-bond donors (Lipinski definition) is 1. The van der Waals surface area contributed by atoms with E-state index in [-0.39, 0.29) is 5.56 Å². The van der Waals surface area contributed by atoms with Crippen molar-refractivity contribution >= 4 is 28.5 Å². The van der Waals surface area contributed by atoms with E-state index in [1.165, 1.54) is 21.9 Å². The second-order valence-electron chi connectivity index (χ2n) is 6.10. The van der Waals surface area contributed by atoms with Gasteiger partial charge in [0.05, 0.1) is 11.3 Å². The molecule has 134 valence electrons. The Morgan fingerprint density at radius 2 is 1.85 bits per heavy atom. The topological polar surface area (TPSA) is 80.9 Å². The Morgan fingerprint density at radius 3 is 2.63 bits per heavy atom. The number of rotatable bonds is 5. The number of nitrogens with zero attached hydrogens (tertiary/aromatic N) is 4. The van der Waals surface area contributed by atoms with Crippen LogP contribution in [0.4, 0.5) is 0 Å². The summed E-state index contributed by atoms with van der Waals surface area (Å²) in [5.74, 6) is -0.222. The van der Waals surface area contributed by atoms with Crippen molar-refractivity contribution in [2.75, 3.05) is 0 Å². The summed E-state index contributed by atoms with van der Waals surface area (Å²) in [5.41, 5.74) is 3.44. The second kappa shape index (κ2) is 7.20. The first kappa shape index (κ1) is 17.2. The van der Waals surface area contributed by atoms with E-state index in [0.29, 0.717) is 5.16 Å². The van der Waals surface area contributed by atoms with E-state index >= 15 is 0 Å². The zero-order valence-corrected chi connectivity index (χ0v) is 15.3. The zero-order chi connectivity index (χ0) is 18.8. The molecule has 4 aromatic rings. The van der Waals surface area contributed by atoms with Gasteiger partial charge in [0, 0.05) is 5.75 Å². The Bertz CT molecular complexity index is 1120. The second-order valence-corrected chi connectivity index (χ2v) is 7.04. The van der Waals surface area contributed by atoms with Gasteiger partial charge in [-0.1, -0.05) is 48.2 Å². The number of thioether (sulfide) groups is 1. The maximum absolute atomic E-state index is 11.0. The number of hydrogen-bond acceptors (Lipinski definition) is 5. The predicted molar refractivity (Wildman–Crippen MR) is 104 cm³/mol. The molecule has 0 fully saturated rings. The average Bonchev–Trinajstić information content (AvgIpc) is 3.16. The maximum Gasteiger partial charge on any atom is 0.335 e. The van der Waals surface area contributed by atoms with Crippen LogP contribution in [0, 0.1) is 6.92 Å². The number of carboxylic acids is 1. The van der Waals surface area contributed by atoms with Crippen LogP contribution in [0.25, 0.3) is 16.5 Å². The molecule has 0 bridgehead atoms. The molecule has 0 saturated carbocycles. The fraction of sp³-hybridized carbons (Fsp3) is 0.100. The van der Waals surface area contributed by atoms with E-state index in [1.54, 1.807) is 40.7 Å². The minimum atomic E-state index is -0.959. The van der Waals surface area contributed by atoms with Gasteiger partial charge < -0.3 is 5.11 Å². The van der Waals surface area contributed by atoms with Crippen molar-refractivity contribution in [2.24, 2.45) is 0 Å². The van der Waals surface area contributed by atoms with Gasteiger partial charge in [-0.15, -0.1) is 5.10 Å². The van der Waals surface area contributed by atoms with Crippen molar-refractivity contribution in [3.05, 3.63) is 77.4 Å². The molecule has 4 rings (SSSR count). The summed E-state index contributed by atoms with van der Waals surface area (Å²) in [4.78, 5) is 11.0. The first-order valence-corrected chi connectivity index (χ1v) is 9.34. The summed E-state index contributed by atoms with van der Waals surface area (Å²) in [6.45, 7) is 2.11. The van der Waals surface area contributed by atoms with Crippen LogP contribution in [0.3, 0.4) is 0 Å². The summed E-state index contributed by atoms with van der Waals surface area (Å²) in [7, 11) is 0. The largest absolute Gasteiger partial charge is 0.478 e. The molecule has 0 atom stereocenters. The van der Waals surface area contributed by atoms with Crippen molar-refractivity contribution in [3.8, 4) is 5.69 Å². The third-order valence-electron chi connectivity index (χ3n) is 4.42. The molecule has 1 aromatic heterocycles. The molecule has 0 unspecified atom stereocenters. The number of aromatic nitrogens is 4. The highest BCUT2D eigenvalue weighted by molar-refractivity contribution is 7.98. The van der Waals surface area contributed by atoms with E-state index in [2.05, 4.69) is 46.7 Å². The third-order valence-corrected chi connectivity index (χ3v) is 5.37. The van der Waals surface area contributed by atoms with Gasteiger partial charge >= 0.3 is 5.97 Å². The first-order chi connectivity index (χ1) is 13.1. The summed E-state index contributed by atoms with van der Waals surface area (Å²) in [6, 6.07) is 19.1. The fourth-order valence-electron chi connectivity index (χ4n) is 2.95. The molecule has 0 aliphatic rings. The fourth-order valence-corrected chi connectivity index (χ4v) is 3.96. The minimum absolute atomic E-state index is 0.229. The lowest BCUT2D eigenvalue weighted by molar-refractivity contribution is 0.0697. The Hall–Kier alpha value is -3.19. The molecule has 0 amide bonds. The Morgan fingerprint density at radius 1 is 1.07 bits per heavy atom. The molecule has 6 nitrogen and oxygen atoms in total. The van der Waals surface area contributed by atoms with Crippen LogP contribution in [0.15, 0.2) is 65.8 Å². The number of fused-ring (bicyclic) bond motifs is 1. The predicted octanol–water partition coefficient (Wildman–Crippen LogP) is 4.11. The van der Waals surface area contributed by atoms with Crippen LogP contribution in [0.2, 0.25) is 0 Å². The van der Waals surface area contributed by atoms with Gasteiger partial charge in [-0.2, -0.15) is 4.68 Å². The van der Waals surface area contributed by atoms with Gasteiger partial charge in [0.2, 0.25) is 5.16 Å². The third kappa shape index (κ3) is 3.41. The highest BCUT2D eigenvalue weighted by atomic mass is 32.2. The minimum Gasteiger partial charge on any atom is -0.478 e. The molecule has 7 heteroatoms. The molecule has 3 aromatic carbocycles. The van der Waals surface area contributed by atoms with Gasteiger partial charge in [0.1, 0.15) is 0 Å². The number of tetrazole rings is 1. The molecule has 0 spiro atoms. The van der Waals surface area contributed by atoms with Crippen molar-refractivity contribution < 1.29 is 9.90 Å². The lowest BCUT2D eigenvalue weighted by Crippen LogP contribution is -2.01. The standard InChI is InChI=1S/C20H16N4O2S/c1-13-6-7-14-4-2-3-5-17(14)18(13)12-27-20-21-22-23-24(20)16-10-8-15(9-11-16)19(25)26/h2-11H,12H2,1H3,(H,25,26). The number of aryl methyl sites for hydroxylation is 1. The quantitative estimate of drug-likeness (QED) is 0.528. The van der Waals surface area contributed by atoms with Crippen molar-refractivity contribution in [2.45, 2.75) is 17.8 Å². The smallest absolute Gasteiger partial charge is 0.335 e. The van der Waals surface area contributed by atoms with Crippen LogP contribution >= 0.6 is 11.8 Å². The molecule has 1 heterocycles. The number of carboxylic acid groups (broad SMARTS) is 1. The molecule has 0 aliphatic carbocycles.